The van der Waals surface area contributed by atoms with E-state index in [4.69, 9.17) is 11.6 Å². The zero-order valence-electron chi connectivity index (χ0n) is 9.85. The number of benzene rings is 1. The number of aromatic nitrogens is 1. The van der Waals surface area contributed by atoms with Crippen LogP contribution in [0.5, 0.6) is 0 Å². The van der Waals surface area contributed by atoms with E-state index in [1.807, 2.05) is 13.8 Å². The minimum absolute atomic E-state index is 0.0255. The molecule has 0 unspecified atom stereocenters. The van der Waals surface area contributed by atoms with Gasteiger partial charge in [-0.15, -0.1) is 11.3 Å². The molecule has 2 aromatic rings. The van der Waals surface area contributed by atoms with Crippen LogP contribution in [0, 0.1) is 25.5 Å². The average Bonchev–Trinajstić information content (AvgIpc) is 2.56. The molecule has 0 saturated carbocycles. The molecule has 0 aliphatic rings. The summed E-state index contributed by atoms with van der Waals surface area (Å²) >= 11 is 7.31. The van der Waals surface area contributed by atoms with Gasteiger partial charge < -0.3 is 5.32 Å². The Morgan fingerprint density at radius 2 is 2.06 bits per heavy atom. The number of hydrogen-bond acceptors (Lipinski definition) is 3. The van der Waals surface area contributed by atoms with E-state index < -0.39 is 11.6 Å². The fraction of sp³-hybridized carbons (Fsp3) is 0.250. The monoisotopic (exact) mass is 288 g/mol. The Labute approximate surface area is 113 Å². The molecule has 0 bridgehead atoms. The highest BCUT2D eigenvalue weighted by Crippen LogP contribution is 2.27. The van der Waals surface area contributed by atoms with Crippen molar-refractivity contribution in [1.82, 2.24) is 4.98 Å². The molecule has 0 atom stereocenters. The first-order valence-electron chi connectivity index (χ1n) is 5.28. The van der Waals surface area contributed by atoms with Crippen molar-refractivity contribution in [3.8, 4) is 0 Å². The lowest BCUT2D eigenvalue weighted by molar-refractivity contribution is 0.585. The van der Waals surface area contributed by atoms with Crippen molar-refractivity contribution in [2.45, 2.75) is 20.4 Å². The standard InChI is InChI=1S/C12H11ClF2N2S/c1-6-7(2)18-11(17-6)5-16-12-9(13)3-8(14)4-10(12)15/h3-4,16H,5H2,1-2H3. The van der Waals surface area contributed by atoms with E-state index in [1.54, 1.807) is 0 Å². The predicted octanol–water partition coefficient (Wildman–Crippen LogP) is 4.30. The van der Waals surface area contributed by atoms with Crippen LogP contribution in [0.15, 0.2) is 12.1 Å². The molecule has 96 valence electrons. The van der Waals surface area contributed by atoms with Crippen LogP contribution in [0.25, 0.3) is 0 Å². The Balaban J connectivity index is 2.15. The second kappa shape index (κ2) is 5.20. The topological polar surface area (TPSA) is 24.9 Å². The molecule has 0 amide bonds. The lowest BCUT2D eigenvalue weighted by Gasteiger charge is -2.08. The third-order valence-corrected chi connectivity index (χ3v) is 3.87. The van der Waals surface area contributed by atoms with Crippen LogP contribution in [0.3, 0.4) is 0 Å². The fourth-order valence-corrected chi connectivity index (χ4v) is 2.62. The lowest BCUT2D eigenvalue weighted by Crippen LogP contribution is -2.02. The number of thiazole rings is 1. The molecule has 0 aliphatic carbocycles. The SMILES string of the molecule is Cc1nc(CNc2c(F)cc(F)cc2Cl)sc1C. The molecule has 0 radical (unpaired) electrons. The molecule has 1 aromatic carbocycles. The zero-order chi connectivity index (χ0) is 13.3. The van der Waals surface area contributed by atoms with Crippen molar-refractivity contribution in [2.24, 2.45) is 0 Å². The highest BCUT2D eigenvalue weighted by Gasteiger charge is 2.11. The van der Waals surface area contributed by atoms with E-state index >= 15 is 0 Å². The molecule has 1 N–H and O–H groups in total. The van der Waals surface area contributed by atoms with Gasteiger partial charge in [0.25, 0.3) is 0 Å². The summed E-state index contributed by atoms with van der Waals surface area (Å²) in [5.41, 5.74) is 1.06. The number of rotatable bonds is 3. The van der Waals surface area contributed by atoms with Gasteiger partial charge in [-0.1, -0.05) is 11.6 Å². The Morgan fingerprint density at radius 3 is 2.61 bits per heavy atom. The third kappa shape index (κ3) is 2.79. The van der Waals surface area contributed by atoms with Gasteiger partial charge in [-0.2, -0.15) is 0 Å². The highest BCUT2D eigenvalue weighted by molar-refractivity contribution is 7.11. The van der Waals surface area contributed by atoms with Crippen LogP contribution in [-0.4, -0.2) is 4.98 Å². The molecule has 18 heavy (non-hydrogen) atoms. The molecule has 1 aromatic heterocycles. The highest BCUT2D eigenvalue weighted by atomic mass is 35.5. The Bertz CT molecular complexity index is 541. The Hall–Kier alpha value is -1.20. The molecule has 0 fully saturated rings. The first-order valence-corrected chi connectivity index (χ1v) is 6.48. The molecule has 2 rings (SSSR count). The summed E-state index contributed by atoms with van der Waals surface area (Å²) < 4.78 is 26.4. The minimum Gasteiger partial charge on any atom is -0.375 e. The van der Waals surface area contributed by atoms with Gasteiger partial charge in [-0.05, 0) is 19.9 Å². The molecule has 2 nitrogen and oxygen atoms in total. The second-order valence-corrected chi connectivity index (χ2v) is 5.54. The molecule has 0 spiro atoms. The smallest absolute Gasteiger partial charge is 0.150 e. The minimum atomic E-state index is -0.704. The number of anilines is 1. The van der Waals surface area contributed by atoms with E-state index in [-0.39, 0.29) is 10.7 Å². The summed E-state index contributed by atoms with van der Waals surface area (Å²) in [5.74, 6) is -1.39. The van der Waals surface area contributed by atoms with E-state index in [0.29, 0.717) is 6.54 Å². The van der Waals surface area contributed by atoms with Gasteiger partial charge in [0.15, 0.2) is 5.82 Å². The van der Waals surface area contributed by atoms with Gasteiger partial charge in [-0.25, -0.2) is 13.8 Å². The van der Waals surface area contributed by atoms with Gasteiger partial charge >= 0.3 is 0 Å². The van der Waals surface area contributed by atoms with Gasteiger partial charge in [-0.3, -0.25) is 0 Å². The van der Waals surface area contributed by atoms with Crippen molar-refractivity contribution < 1.29 is 8.78 Å². The summed E-state index contributed by atoms with van der Waals surface area (Å²) in [5, 5.41) is 3.70. The number of aryl methyl sites for hydroxylation is 2. The molecular formula is C12H11ClF2N2S. The van der Waals surface area contributed by atoms with Crippen LogP contribution in [0.4, 0.5) is 14.5 Å². The summed E-state index contributed by atoms with van der Waals surface area (Å²) in [6.07, 6.45) is 0. The maximum Gasteiger partial charge on any atom is 0.150 e. The van der Waals surface area contributed by atoms with Crippen molar-refractivity contribution >= 4 is 28.6 Å². The molecular weight excluding hydrogens is 278 g/mol. The van der Waals surface area contributed by atoms with Crippen LogP contribution >= 0.6 is 22.9 Å². The van der Waals surface area contributed by atoms with Crippen molar-refractivity contribution in [3.05, 3.63) is 44.4 Å². The third-order valence-electron chi connectivity index (χ3n) is 2.50. The molecule has 0 saturated heterocycles. The van der Waals surface area contributed by atoms with Crippen LogP contribution < -0.4 is 5.32 Å². The Kier molecular flexibility index (Phi) is 3.82. The normalized spacial score (nSPS) is 10.7. The zero-order valence-corrected chi connectivity index (χ0v) is 11.4. The van der Waals surface area contributed by atoms with E-state index in [0.717, 1.165) is 27.7 Å². The number of halogens is 3. The quantitative estimate of drug-likeness (QED) is 0.910. The first kappa shape index (κ1) is 13.2. The maximum atomic E-state index is 13.5. The number of hydrogen-bond donors (Lipinski definition) is 1. The lowest BCUT2D eigenvalue weighted by atomic mass is 10.3. The first-order chi connectivity index (χ1) is 8.47. The van der Waals surface area contributed by atoms with Gasteiger partial charge in [0.2, 0.25) is 0 Å². The van der Waals surface area contributed by atoms with E-state index in [2.05, 4.69) is 10.3 Å². The second-order valence-electron chi connectivity index (χ2n) is 3.85. The largest absolute Gasteiger partial charge is 0.375 e. The van der Waals surface area contributed by atoms with Crippen molar-refractivity contribution in [1.29, 1.82) is 0 Å². The van der Waals surface area contributed by atoms with Gasteiger partial charge in [0.05, 0.1) is 22.9 Å². The fourth-order valence-electron chi connectivity index (χ4n) is 1.49. The molecule has 1 heterocycles. The summed E-state index contributed by atoms with van der Waals surface area (Å²) in [6.45, 7) is 4.25. The average molecular weight is 289 g/mol. The predicted molar refractivity (Wildman–Crippen MR) is 70.3 cm³/mol. The van der Waals surface area contributed by atoms with Gasteiger partial charge in [0, 0.05) is 10.9 Å². The maximum absolute atomic E-state index is 13.5. The summed E-state index contributed by atoms with van der Waals surface area (Å²) in [6, 6.07) is 1.87. The van der Waals surface area contributed by atoms with Crippen molar-refractivity contribution in [3.63, 3.8) is 0 Å². The van der Waals surface area contributed by atoms with Gasteiger partial charge in [0.1, 0.15) is 10.8 Å². The van der Waals surface area contributed by atoms with Crippen LogP contribution in [-0.2, 0) is 6.54 Å². The molecule has 0 aliphatic heterocycles. The Morgan fingerprint density at radius 1 is 1.33 bits per heavy atom. The van der Waals surface area contributed by atoms with Crippen LogP contribution in [0.1, 0.15) is 15.6 Å². The van der Waals surface area contributed by atoms with E-state index in [9.17, 15) is 8.78 Å². The summed E-state index contributed by atoms with van der Waals surface area (Å²) in [4.78, 5) is 5.44. The van der Waals surface area contributed by atoms with Crippen molar-refractivity contribution in [2.75, 3.05) is 5.32 Å². The van der Waals surface area contributed by atoms with Crippen LogP contribution in [0.2, 0.25) is 5.02 Å². The van der Waals surface area contributed by atoms with E-state index in [1.165, 1.54) is 11.3 Å². The number of nitrogens with zero attached hydrogens (tertiary/aromatic N) is 1. The summed E-state index contributed by atoms with van der Waals surface area (Å²) in [7, 11) is 0. The number of nitrogens with one attached hydrogen (secondary N) is 1. The molecule has 6 heteroatoms.